The molecule has 0 saturated heterocycles. The van der Waals surface area contributed by atoms with Crippen molar-refractivity contribution in [3.05, 3.63) is 40.9 Å². The summed E-state index contributed by atoms with van der Waals surface area (Å²) in [6, 6.07) is 5.84. The summed E-state index contributed by atoms with van der Waals surface area (Å²) in [7, 11) is 0. The van der Waals surface area contributed by atoms with Crippen LogP contribution >= 0.6 is 15.9 Å². The van der Waals surface area contributed by atoms with Crippen LogP contribution in [0.3, 0.4) is 0 Å². The molecule has 8 nitrogen and oxygen atoms in total. The summed E-state index contributed by atoms with van der Waals surface area (Å²) < 4.78 is 2.35. The number of hydrogen-bond donors (Lipinski definition) is 2. The maximum atomic E-state index is 5.71. The van der Waals surface area contributed by atoms with Crippen molar-refractivity contribution in [3.63, 3.8) is 0 Å². The first-order valence-electron chi connectivity index (χ1n) is 6.02. The minimum Gasteiger partial charge on any atom is -0.368 e. The van der Waals surface area contributed by atoms with Gasteiger partial charge in [-0.05, 0) is 34.5 Å². The number of nitrogens with one attached hydrogen (secondary N) is 1. The van der Waals surface area contributed by atoms with Gasteiger partial charge in [0, 0.05) is 4.47 Å². The molecule has 0 aliphatic rings. The predicted molar refractivity (Wildman–Crippen MR) is 81.3 cm³/mol. The van der Waals surface area contributed by atoms with Gasteiger partial charge in [0.15, 0.2) is 0 Å². The maximum Gasteiger partial charge on any atom is 0.258 e. The zero-order valence-electron chi connectivity index (χ0n) is 11.0. The molecule has 0 amide bonds. The minimum atomic E-state index is 0.0989. The molecule has 9 heteroatoms. The van der Waals surface area contributed by atoms with Crippen molar-refractivity contribution in [3.8, 4) is 5.95 Å². The number of aromatic nitrogens is 6. The molecular weight excluding hydrogens is 336 g/mol. The van der Waals surface area contributed by atoms with E-state index in [9.17, 15) is 0 Å². The molecule has 0 spiro atoms. The van der Waals surface area contributed by atoms with E-state index in [0.717, 1.165) is 15.7 Å². The molecule has 0 radical (unpaired) electrons. The highest BCUT2D eigenvalue weighted by molar-refractivity contribution is 9.10. The van der Waals surface area contributed by atoms with Gasteiger partial charge in [-0.15, -0.1) is 0 Å². The van der Waals surface area contributed by atoms with Gasteiger partial charge in [-0.1, -0.05) is 12.1 Å². The predicted octanol–water partition coefficient (Wildman–Crippen LogP) is 1.85. The van der Waals surface area contributed by atoms with E-state index in [4.69, 9.17) is 5.73 Å². The van der Waals surface area contributed by atoms with Crippen LogP contribution in [0.2, 0.25) is 0 Å². The Morgan fingerprint density at radius 3 is 2.86 bits per heavy atom. The van der Waals surface area contributed by atoms with Crippen LogP contribution in [0.15, 0.2) is 35.3 Å². The number of benzene rings is 1. The average molecular weight is 347 g/mol. The Morgan fingerprint density at radius 1 is 1.24 bits per heavy atom. The highest BCUT2D eigenvalue weighted by atomic mass is 79.9. The number of aryl methyl sites for hydroxylation is 1. The Labute approximate surface area is 128 Å². The third kappa shape index (κ3) is 2.82. The zero-order chi connectivity index (χ0) is 14.8. The smallest absolute Gasteiger partial charge is 0.258 e. The SMILES string of the molecule is Cc1cccc(Nc2nc(N)nc(-n3cncn3)n2)c1Br. The second-order valence-electron chi connectivity index (χ2n) is 4.22. The Balaban J connectivity index is 1.98. The second kappa shape index (κ2) is 5.44. The van der Waals surface area contributed by atoms with E-state index in [2.05, 4.69) is 46.3 Å². The van der Waals surface area contributed by atoms with Gasteiger partial charge in [0.25, 0.3) is 5.95 Å². The molecule has 0 fully saturated rings. The first-order chi connectivity index (χ1) is 10.1. The van der Waals surface area contributed by atoms with Crippen molar-refractivity contribution < 1.29 is 0 Å². The summed E-state index contributed by atoms with van der Waals surface area (Å²) in [6.07, 6.45) is 2.88. The fourth-order valence-corrected chi connectivity index (χ4v) is 2.08. The lowest BCUT2D eigenvalue weighted by molar-refractivity contribution is 0.800. The topological polar surface area (TPSA) is 107 Å². The van der Waals surface area contributed by atoms with Gasteiger partial charge < -0.3 is 11.1 Å². The Bertz CT molecular complexity index is 771. The van der Waals surface area contributed by atoms with Crippen LogP contribution in [-0.2, 0) is 0 Å². The van der Waals surface area contributed by atoms with Crippen molar-refractivity contribution in [2.75, 3.05) is 11.1 Å². The van der Waals surface area contributed by atoms with Crippen molar-refractivity contribution in [1.29, 1.82) is 0 Å². The average Bonchev–Trinajstić information content (AvgIpc) is 2.97. The zero-order valence-corrected chi connectivity index (χ0v) is 12.6. The van der Waals surface area contributed by atoms with E-state index in [1.807, 2.05) is 25.1 Å². The Morgan fingerprint density at radius 2 is 2.10 bits per heavy atom. The molecule has 0 aliphatic heterocycles. The van der Waals surface area contributed by atoms with E-state index >= 15 is 0 Å². The molecule has 3 aromatic rings. The van der Waals surface area contributed by atoms with Crippen LogP contribution in [0.25, 0.3) is 5.95 Å². The summed E-state index contributed by atoms with van der Waals surface area (Å²) in [5, 5.41) is 7.07. The number of nitrogen functional groups attached to an aromatic ring is 1. The molecule has 0 atom stereocenters. The molecule has 21 heavy (non-hydrogen) atoms. The summed E-state index contributed by atoms with van der Waals surface area (Å²) in [5.74, 6) is 0.729. The van der Waals surface area contributed by atoms with E-state index < -0.39 is 0 Å². The first kappa shape index (κ1) is 13.4. The van der Waals surface area contributed by atoms with Crippen LogP contribution in [0.1, 0.15) is 5.56 Å². The van der Waals surface area contributed by atoms with Gasteiger partial charge in [0.2, 0.25) is 11.9 Å². The van der Waals surface area contributed by atoms with Gasteiger partial charge in [0.05, 0.1) is 5.69 Å². The summed E-state index contributed by atoms with van der Waals surface area (Å²) in [5.41, 5.74) is 7.65. The quantitative estimate of drug-likeness (QED) is 0.744. The van der Waals surface area contributed by atoms with Gasteiger partial charge >= 0.3 is 0 Å². The molecule has 0 saturated carbocycles. The van der Waals surface area contributed by atoms with Gasteiger partial charge in [-0.25, -0.2) is 4.98 Å². The molecule has 1 aromatic carbocycles. The number of nitrogens with two attached hydrogens (primary N) is 1. The van der Waals surface area contributed by atoms with Gasteiger partial charge in [0.1, 0.15) is 12.7 Å². The van der Waals surface area contributed by atoms with Crippen molar-refractivity contribution in [2.45, 2.75) is 6.92 Å². The van der Waals surface area contributed by atoms with Gasteiger partial charge in [-0.2, -0.15) is 24.7 Å². The number of halogens is 1. The Kier molecular flexibility index (Phi) is 3.48. The minimum absolute atomic E-state index is 0.0989. The van der Waals surface area contributed by atoms with Crippen molar-refractivity contribution in [2.24, 2.45) is 0 Å². The number of nitrogens with zero attached hydrogens (tertiary/aromatic N) is 6. The van der Waals surface area contributed by atoms with Crippen LogP contribution in [-0.4, -0.2) is 29.7 Å². The number of rotatable bonds is 3. The molecule has 3 N–H and O–H groups in total. The monoisotopic (exact) mass is 346 g/mol. The van der Waals surface area contributed by atoms with E-state index in [0.29, 0.717) is 11.9 Å². The normalized spacial score (nSPS) is 10.6. The summed E-state index contributed by atoms with van der Waals surface area (Å²) >= 11 is 3.52. The third-order valence-corrected chi connectivity index (χ3v) is 3.76. The molecule has 0 bridgehead atoms. The van der Waals surface area contributed by atoms with E-state index in [1.54, 1.807) is 0 Å². The molecular formula is C12H11BrN8. The first-order valence-corrected chi connectivity index (χ1v) is 6.81. The lowest BCUT2D eigenvalue weighted by Gasteiger charge is -2.10. The standard InChI is InChI=1S/C12H11BrN8/c1-7-3-2-4-8(9(7)13)17-11-18-10(14)19-12(20-11)21-6-15-5-16-21/h2-6H,1H3,(H3,14,17,18,19,20). The molecule has 106 valence electrons. The molecule has 0 aliphatic carbocycles. The second-order valence-corrected chi connectivity index (χ2v) is 5.01. The third-order valence-electron chi connectivity index (χ3n) is 2.70. The van der Waals surface area contributed by atoms with Crippen LogP contribution in [0, 0.1) is 6.92 Å². The highest BCUT2D eigenvalue weighted by Gasteiger charge is 2.09. The Hall–Kier alpha value is -2.55. The fourth-order valence-electron chi connectivity index (χ4n) is 1.71. The van der Waals surface area contributed by atoms with Crippen LogP contribution < -0.4 is 11.1 Å². The number of hydrogen-bond acceptors (Lipinski definition) is 7. The van der Waals surface area contributed by atoms with Gasteiger partial charge in [-0.3, -0.25) is 0 Å². The van der Waals surface area contributed by atoms with Crippen molar-refractivity contribution in [1.82, 2.24) is 29.7 Å². The van der Waals surface area contributed by atoms with Crippen LogP contribution in [0.4, 0.5) is 17.6 Å². The fraction of sp³-hybridized carbons (Fsp3) is 0.0833. The van der Waals surface area contributed by atoms with Crippen molar-refractivity contribution >= 4 is 33.5 Å². The molecule has 0 unspecified atom stereocenters. The molecule has 3 rings (SSSR count). The molecule has 2 aromatic heterocycles. The summed E-state index contributed by atoms with van der Waals surface area (Å²) in [6.45, 7) is 2.00. The number of anilines is 3. The molecule has 2 heterocycles. The lowest BCUT2D eigenvalue weighted by atomic mass is 10.2. The maximum absolute atomic E-state index is 5.71. The van der Waals surface area contributed by atoms with E-state index in [-0.39, 0.29) is 5.95 Å². The summed E-state index contributed by atoms with van der Waals surface area (Å²) in [4.78, 5) is 16.2. The van der Waals surface area contributed by atoms with Crippen LogP contribution in [0.5, 0.6) is 0 Å². The largest absolute Gasteiger partial charge is 0.368 e. The highest BCUT2D eigenvalue weighted by Crippen LogP contribution is 2.27. The lowest BCUT2D eigenvalue weighted by Crippen LogP contribution is -2.09. The van der Waals surface area contributed by atoms with E-state index in [1.165, 1.54) is 17.3 Å².